The maximum Gasteiger partial charge on any atom is 0.303 e. The predicted molar refractivity (Wildman–Crippen MR) is 85.4 cm³/mol. The molecule has 1 aromatic rings. The second-order valence-corrected chi connectivity index (χ2v) is 9.93. The smallest absolute Gasteiger partial charge is 0.303 e. The highest BCUT2D eigenvalue weighted by molar-refractivity contribution is 9.11. The zero-order valence-electron chi connectivity index (χ0n) is 11.1. The molecule has 1 atom stereocenters. The molecule has 0 aliphatic carbocycles. The average molecular weight is 417 g/mol. The van der Waals surface area contributed by atoms with Gasteiger partial charge in [0.05, 0.1) is 8.81 Å². The molecule has 0 bridgehead atoms. The first-order valence-corrected chi connectivity index (χ1v) is 9.90. The molecule has 1 fully saturated rings. The van der Waals surface area contributed by atoms with Crippen molar-refractivity contribution in [1.82, 2.24) is 4.31 Å². The first kappa shape index (κ1) is 17.2. The Balaban J connectivity index is 2.11. The molecule has 1 saturated heterocycles. The summed E-state index contributed by atoms with van der Waals surface area (Å²) in [7, 11) is -3.55. The Labute approximate surface area is 141 Å². The van der Waals surface area contributed by atoms with Crippen LogP contribution in [0.25, 0.3) is 0 Å². The summed E-state index contributed by atoms with van der Waals surface area (Å²) < 4.78 is 27.4. The summed E-state index contributed by atoms with van der Waals surface area (Å²) in [6.45, 7) is 0.849. The van der Waals surface area contributed by atoms with Gasteiger partial charge in [0.25, 0.3) is 10.0 Å². The number of halogens is 2. The second-order valence-electron chi connectivity index (χ2n) is 4.99. The van der Waals surface area contributed by atoms with Crippen LogP contribution in [-0.4, -0.2) is 36.9 Å². The van der Waals surface area contributed by atoms with Crippen LogP contribution < -0.4 is 0 Å². The van der Waals surface area contributed by atoms with Crippen molar-refractivity contribution in [3.05, 3.63) is 14.9 Å². The quantitative estimate of drug-likeness (QED) is 0.798. The van der Waals surface area contributed by atoms with Gasteiger partial charge in [-0.3, -0.25) is 4.79 Å². The monoisotopic (exact) mass is 415 g/mol. The molecule has 2 rings (SSSR count). The van der Waals surface area contributed by atoms with Gasteiger partial charge in [-0.25, -0.2) is 8.42 Å². The Morgan fingerprint density at radius 3 is 2.86 bits per heavy atom. The molecule has 5 nitrogen and oxygen atoms in total. The van der Waals surface area contributed by atoms with Crippen LogP contribution >= 0.6 is 38.9 Å². The van der Waals surface area contributed by atoms with Gasteiger partial charge in [-0.1, -0.05) is 11.6 Å². The minimum Gasteiger partial charge on any atom is -0.481 e. The maximum absolute atomic E-state index is 12.6. The molecule has 1 aromatic heterocycles. The molecular formula is C12H15BrClNO4S2. The van der Waals surface area contributed by atoms with E-state index < -0.39 is 16.0 Å². The molecule has 0 amide bonds. The van der Waals surface area contributed by atoms with Crippen molar-refractivity contribution < 1.29 is 18.3 Å². The number of nitrogens with zero attached hydrogens (tertiary/aromatic N) is 1. The Kier molecular flexibility index (Phi) is 5.70. The van der Waals surface area contributed by atoms with Crippen LogP contribution in [-0.2, 0) is 14.8 Å². The minimum atomic E-state index is -3.55. The highest BCUT2D eigenvalue weighted by Gasteiger charge is 2.31. The zero-order chi connectivity index (χ0) is 15.6. The summed E-state index contributed by atoms with van der Waals surface area (Å²) in [5.41, 5.74) is 0. The van der Waals surface area contributed by atoms with Crippen molar-refractivity contribution in [1.29, 1.82) is 0 Å². The molecular weight excluding hydrogens is 402 g/mol. The van der Waals surface area contributed by atoms with Crippen LogP contribution in [0.5, 0.6) is 0 Å². The van der Waals surface area contributed by atoms with Gasteiger partial charge >= 0.3 is 5.97 Å². The number of aliphatic carboxylic acids is 1. The van der Waals surface area contributed by atoms with Crippen molar-refractivity contribution in [2.24, 2.45) is 5.92 Å². The molecule has 118 valence electrons. The van der Waals surface area contributed by atoms with Crippen molar-refractivity contribution in [2.75, 3.05) is 13.1 Å². The topological polar surface area (TPSA) is 74.7 Å². The summed E-state index contributed by atoms with van der Waals surface area (Å²) in [6, 6.07) is 1.45. The Morgan fingerprint density at radius 2 is 2.29 bits per heavy atom. The lowest BCUT2D eigenvalue weighted by Crippen LogP contribution is -2.39. The highest BCUT2D eigenvalue weighted by Crippen LogP contribution is 2.37. The average Bonchev–Trinajstić information content (AvgIpc) is 2.77. The normalized spacial score (nSPS) is 20.6. The van der Waals surface area contributed by atoms with Gasteiger partial charge in [0.2, 0.25) is 0 Å². The summed E-state index contributed by atoms with van der Waals surface area (Å²) >= 11 is 10.2. The first-order valence-electron chi connectivity index (χ1n) is 6.47. The van der Waals surface area contributed by atoms with Gasteiger partial charge in [0.1, 0.15) is 4.21 Å². The van der Waals surface area contributed by atoms with Crippen LogP contribution in [0.3, 0.4) is 0 Å². The Morgan fingerprint density at radius 1 is 1.57 bits per heavy atom. The number of rotatable bonds is 5. The van der Waals surface area contributed by atoms with Gasteiger partial charge in [0, 0.05) is 19.5 Å². The summed E-state index contributed by atoms with van der Waals surface area (Å²) in [4.78, 5) is 10.6. The van der Waals surface area contributed by atoms with E-state index in [-0.39, 0.29) is 16.5 Å². The predicted octanol–water partition coefficient (Wildman–Crippen LogP) is 3.43. The molecule has 1 aliphatic heterocycles. The fraction of sp³-hybridized carbons (Fsp3) is 0.583. The van der Waals surface area contributed by atoms with E-state index in [1.54, 1.807) is 0 Å². The molecule has 1 unspecified atom stereocenters. The van der Waals surface area contributed by atoms with Gasteiger partial charge in [-0.2, -0.15) is 4.31 Å². The first-order chi connectivity index (χ1) is 9.80. The third-order valence-corrected chi connectivity index (χ3v) is 8.25. The summed E-state index contributed by atoms with van der Waals surface area (Å²) in [5.74, 6) is -0.743. The van der Waals surface area contributed by atoms with Gasteiger partial charge in [-0.15, -0.1) is 11.3 Å². The largest absolute Gasteiger partial charge is 0.481 e. The number of carboxylic acid groups (broad SMARTS) is 1. The zero-order valence-corrected chi connectivity index (χ0v) is 15.1. The van der Waals surface area contributed by atoms with Crippen LogP contribution in [0.15, 0.2) is 14.1 Å². The van der Waals surface area contributed by atoms with Gasteiger partial charge in [0.15, 0.2) is 0 Å². The van der Waals surface area contributed by atoms with E-state index in [0.717, 1.165) is 24.2 Å². The van der Waals surface area contributed by atoms with Crippen LogP contribution in [0.4, 0.5) is 0 Å². The van der Waals surface area contributed by atoms with Crippen molar-refractivity contribution in [2.45, 2.75) is 29.9 Å². The molecule has 1 N–H and O–H groups in total. The fourth-order valence-electron chi connectivity index (χ4n) is 2.39. The van der Waals surface area contributed by atoms with E-state index >= 15 is 0 Å². The number of thiophene rings is 1. The molecule has 0 spiro atoms. The highest BCUT2D eigenvalue weighted by atomic mass is 79.9. The van der Waals surface area contributed by atoms with E-state index in [1.165, 1.54) is 10.4 Å². The number of hydrogen-bond acceptors (Lipinski definition) is 4. The molecule has 0 aromatic carbocycles. The van der Waals surface area contributed by atoms with Crippen molar-refractivity contribution in [3.63, 3.8) is 0 Å². The van der Waals surface area contributed by atoms with Crippen molar-refractivity contribution >= 4 is 54.9 Å². The SMILES string of the molecule is O=C(O)CCC1CCCN(S(=O)(=O)c2cc(Cl)c(Br)s2)C1. The van der Waals surface area contributed by atoms with E-state index in [9.17, 15) is 13.2 Å². The molecule has 21 heavy (non-hydrogen) atoms. The molecule has 0 radical (unpaired) electrons. The van der Waals surface area contributed by atoms with Crippen LogP contribution in [0.1, 0.15) is 25.7 Å². The van der Waals surface area contributed by atoms with Crippen molar-refractivity contribution in [3.8, 4) is 0 Å². The van der Waals surface area contributed by atoms with Crippen LogP contribution in [0.2, 0.25) is 5.02 Å². The third kappa shape index (κ3) is 4.19. The minimum absolute atomic E-state index is 0.0783. The second kappa shape index (κ2) is 6.95. The standard InChI is InChI=1S/C12H15BrClNO4S2/c13-12-9(14)6-11(20-12)21(18,19)15-5-1-2-8(7-15)3-4-10(16)17/h6,8H,1-5,7H2,(H,16,17). The summed E-state index contributed by atoms with van der Waals surface area (Å²) in [5, 5.41) is 9.12. The number of hydrogen-bond donors (Lipinski definition) is 1. The lowest BCUT2D eigenvalue weighted by atomic mass is 9.95. The van der Waals surface area contributed by atoms with E-state index in [1.807, 2.05) is 0 Å². The Hall–Kier alpha value is -0.150. The number of sulfonamides is 1. The number of carboxylic acids is 1. The Bertz CT molecular complexity index is 612. The number of piperidine rings is 1. The third-order valence-electron chi connectivity index (χ3n) is 3.46. The molecule has 2 heterocycles. The van der Waals surface area contributed by atoms with E-state index in [2.05, 4.69) is 15.9 Å². The fourth-order valence-corrected chi connectivity index (χ4v) is 6.50. The molecule has 9 heteroatoms. The maximum atomic E-state index is 12.6. The molecule has 1 aliphatic rings. The summed E-state index contributed by atoms with van der Waals surface area (Å²) in [6.07, 6.45) is 2.21. The molecule has 0 saturated carbocycles. The van der Waals surface area contributed by atoms with Crippen LogP contribution in [0, 0.1) is 5.92 Å². The van der Waals surface area contributed by atoms with E-state index in [0.29, 0.717) is 28.3 Å². The van der Waals surface area contributed by atoms with Gasteiger partial charge < -0.3 is 5.11 Å². The van der Waals surface area contributed by atoms with E-state index in [4.69, 9.17) is 16.7 Å². The number of carbonyl (C=O) groups is 1. The lowest BCUT2D eigenvalue weighted by molar-refractivity contribution is -0.137. The lowest BCUT2D eigenvalue weighted by Gasteiger charge is -2.31. The van der Waals surface area contributed by atoms with Gasteiger partial charge in [-0.05, 0) is 47.2 Å².